The summed E-state index contributed by atoms with van der Waals surface area (Å²) in [5, 5.41) is 15.5. The van der Waals surface area contributed by atoms with Gasteiger partial charge in [-0.25, -0.2) is 0 Å². The quantitative estimate of drug-likeness (QED) is 0.874. The van der Waals surface area contributed by atoms with Crippen molar-refractivity contribution in [3.63, 3.8) is 0 Å². The van der Waals surface area contributed by atoms with Gasteiger partial charge in [0.15, 0.2) is 0 Å². The standard InChI is InChI=1S/C11H18BrNOS/c1-8(2)6-13-7-11(3,14)10-9(12)4-5-15-10/h4-5,8,13-14H,6-7H2,1-3H3. The van der Waals surface area contributed by atoms with Crippen LogP contribution >= 0.6 is 27.3 Å². The molecule has 0 radical (unpaired) electrons. The van der Waals surface area contributed by atoms with Gasteiger partial charge in [0.25, 0.3) is 0 Å². The van der Waals surface area contributed by atoms with Crippen LogP contribution < -0.4 is 5.32 Å². The van der Waals surface area contributed by atoms with Crippen molar-refractivity contribution in [2.45, 2.75) is 26.4 Å². The number of hydrogen-bond donors (Lipinski definition) is 2. The lowest BCUT2D eigenvalue weighted by atomic mass is 10.0. The van der Waals surface area contributed by atoms with Gasteiger partial charge in [0, 0.05) is 11.0 Å². The fourth-order valence-electron chi connectivity index (χ4n) is 1.36. The molecule has 86 valence electrons. The lowest BCUT2D eigenvalue weighted by Gasteiger charge is -2.23. The van der Waals surface area contributed by atoms with Crippen LogP contribution in [0.4, 0.5) is 0 Å². The fourth-order valence-corrected chi connectivity index (χ4v) is 3.22. The molecular formula is C11H18BrNOS. The van der Waals surface area contributed by atoms with E-state index in [4.69, 9.17) is 0 Å². The number of hydrogen-bond acceptors (Lipinski definition) is 3. The molecule has 2 N–H and O–H groups in total. The summed E-state index contributed by atoms with van der Waals surface area (Å²) in [7, 11) is 0. The minimum absolute atomic E-state index is 0.588. The van der Waals surface area contributed by atoms with Crippen molar-refractivity contribution in [1.29, 1.82) is 0 Å². The Bertz CT molecular complexity index is 309. The Morgan fingerprint density at radius 3 is 2.73 bits per heavy atom. The number of aliphatic hydroxyl groups is 1. The Balaban J connectivity index is 2.56. The monoisotopic (exact) mass is 291 g/mol. The van der Waals surface area contributed by atoms with Gasteiger partial charge in [-0.3, -0.25) is 0 Å². The van der Waals surface area contributed by atoms with Gasteiger partial charge in [-0.15, -0.1) is 11.3 Å². The van der Waals surface area contributed by atoms with Crippen LogP contribution in [0.15, 0.2) is 15.9 Å². The Kier molecular flexibility index (Phi) is 4.77. The molecule has 1 aromatic rings. The Morgan fingerprint density at radius 1 is 1.60 bits per heavy atom. The number of rotatable bonds is 5. The third-order valence-corrected chi connectivity index (χ3v) is 4.22. The predicted molar refractivity (Wildman–Crippen MR) is 69.3 cm³/mol. The van der Waals surface area contributed by atoms with Gasteiger partial charge in [-0.1, -0.05) is 13.8 Å². The molecule has 1 atom stereocenters. The van der Waals surface area contributed by atoms with Crippen LogP contribution in [0.3, 0.4) is 0 Å². The van der Waals surface area contributed by atoms with Gasteiger partial charge in [0.05, 0.1) is 4.88 Å². The van der Waals surface area contributed by atoms with E-state index in [-0.39, 0.29) is 0 Å². The van der Waals surface area contributed by atoms with E-state index < -0.39 is 5.60 Å². The number of thiophene rings is 1. The average Bonchev–Trinajstić information content (AvgIpc) is 2.50. The van der Waals surface area contributed by atoms with E-state index in [1.807, 2.05) is 18.4 Å². The molecule has 15 heavy (non-hydrogen) atoms. The predicted octanol–water partition coefficient (Wildman–Crippen LogP) is 2.96. The second-order valence-corrected chi connectivity index (χ2v) is 6.17. The van der Waals surface area contributed by atoms with Gasteiger partial charge in [-0.2, -0.15) is 0 Å². The van der Waals surface area contributed by atoms with Crippen molar-refractivity contribution in [3.05, 3.63) is 20.8 Å². The summed E-state index contributed by atoms with van der Waals surface area (Å²) >= 11 is 5.02. The molecule has 0 saturated heterocycles. The topological polar surface area (TPSA) is 32.3 Å². The zero-order valence-corrected chi connectivity index (χ0v) is 11.8. The zero-order valence-electron chi connectivity index (χ0n) is 9.38. The van der Waals surface area contributed by atoms with E-state index in [0.29, 0.717) is 12.5 Å². The summed E-state index contributed by atoms with van der Waals surface area (Å²) in [5.41, 5.74) is -0.790. The second kappa shape index (κ2) is 5.43. The van der Waals surface area contributed by atoms with Crippen LogP contribution in [-0.4, -0.2) is 18.2 Å². The minimum atomic E-state index is -0.790. The van der Waals surface area contributed by atoms with E-state index in [2.05, 4.69) is 35.1 Å². The van der Waals surface area contributed by atoms with E-state index in [1.54, 1.807) is 11.3 Å². The molecule has 0 bridgehead atoms. The van der Waals surface area contributed by atoms with Crippen molar-refractivity contribution in [2.24, 2.45) is 5.92 Å². The van der Waals surface area contributed by atoms with Gasteiger partial charge in [-0.05, 0) is 46.8 Å². The van der Waals surface area contributed by atoms with Crippen LogP contribution in [-0.2, 0) is 5.60 Å². The van der Waals surface area contributed by atoms with Gasteiger partial charge in [0.2, 0.25) is 0 Å². The smallest absolute Gasteiger partial charge is 0.109 e. The van der Waals surface area contributed by atoms with E-state index in [9.17, 15) is 5.11 Å². The van der Waals surface area contributed by atoms with E-state index >= 15 is 0 Å². The molecule has 0 aliphatic rings. The van der Waals surface area contributed by atoms with Gasteiger partial charge < -0.3 is 10.4 Å². The van der Waals surface area contributed by atoms with Gasteiger partial charge in [0.1, 0.15) is 5.60 Å². The lowest BCUT2D eigenvalue weighted by Crippen LogP contribution is -2.36. The van der Waals surface area contributed by atoms with Crippen LogP contribution in [0.5, 0.6) is 0 Å². The summed E-state index contributed by atoms with van der Waals surface area (Å²) < 4.78 is 0.990. The number of nitrogens with one attached hydrogen (secondary N) is 1. The zero-order chi connectivity index (χ0) is 11.5. The molecule has 1 heterocycles. The summed E-state index contributed by atoms with van der Waals surface area (Å²) in [6, 6.07) is 1.97. The molecule has 1 aromatic heterocycles. The highest BCUT2D eigenvalue weighted by molar-refractivity contribution is 9.10. The lowest BCUT2D eigenvalue weighted by molar-refractivity contribution is 0.0595. The maximum absolute atomic E-state index is 10.3. The highest BCUT2D eigenvalue weighted by Crippen LogP contribution is 2.32. The van der Waals surface area contributed by atoms with Crippen LogP contribution in [0.25, 0.3) is 0 Å². The molecule has 0 aromatic carbocycles. The van der Waals surface area contributed by atoms with Crippen molar-refractivity contribution in [3.8, 4) is 0 Å². The van der Waals surface area contributed by atoms with Crippen molar-refractivity contribution >= 4 is 27.3 Å². The molecule has 0 fully saturated rings. The largest absolute Gasteiger partial charge is 0.383 e. The van der Waals surface area contributed by atoms with Crippen molar-refractivity contribution in [2.75, 3.05) is 13.1 Å². The Morgan fingerprint density at radius 2 is 2.27 bits per heavy atom. The average molecular weight is 292 g/mol. The van der Waals surface area contributed by atoms with Gasteiger partial charge >= 0.3 is 0 Å². The molecule has 0 aliphatic carbocycles. The first-order valence-electron chi connectivity index (χ1n) is 5.10. The van der Waals surface area contributed by atoms with Crippen molar-refractivity contribution < 1.29 is 5.11 Å². The fraction of sp³-hybridized carbons (Fsp3) is 0.636. The summed E-state index contributed by atoms with van der Waals surface area (Å²) in [6.45, 7) is 7.67. The highest BCUT2D eigenvalue weighted by Gasteiger charge is 2.26. The highest BCUT2D eigenvalue weighted by atomic mass is 79.9. The first kappa shape index (κ1) is 13.2. The molecule has 0 aliphatic heterocycles. The number of halogens is 1. The molecule has 0 spiro atoms. The Hall–Kier alpha value is 0.100. The summed E-state index contributed by atoms with van der Waals surface area (Å²) in [5.74, 6) is 0.604. The van der Waals surface area contributed by atoms with Crippen LogP contribution in [0.2, 0.25) is 0 Å². The second-order valence-electron chi connectivity index (χ2n) is 4.40. The molecule has 2 nitrogen and oxygen atoms in total. The summed E-state index contributed by atoms with van der Waals surface area (Å²) in [6.07, 6.45) is 0. The SMILES string of the molecule is CC(C)CNCC(C)(O)c1sccc1Br. The Labute approximate surface area is 104 Å². The molecule has 4 heteroatoms. The van der Waals surface area contributed by atoms with E-state index in [1.165, 1.54) is 0 Å². The normalized spacial score (nSPS) is 15.6. The molecule has 0 amide bonds. The molecule has 1 rings (SSSR count). The molecule has 1 unspecified atom stereocenters. The first-order chi connectivity index (χ1) is 6.93. The molecular weight excluding hydrogens is 274 g/mol. The maximum Gasteiger partial charge on any atom is 0.109 e. The first-order valence-corrected chi connectivity index (χ1v) is 6.77. The minimum Gasteiger partial charge on any atom is -0.383 e. The van der Waals surface area contributed by atoms with E-state index in [0.717, 1.165) is 15.9 Å². The van der Waals surface area contributed by atoms with Crippen LogP contribution in [0.1, 0.15) is 25.6 Å². The third-order valence-electron chi connectivity index (χ3n) is 2.13. The van der Waals surface area contributed by atoms with Crippen LogP contribution in [0, 0.1) is 5.92 Å². The summed E-state index contributed by atoms with van der Waals surface area (Å²) in [4.78, 5) is 0.985. The maximum atomic E-state index is 10.3. The molecule has 0 saturated carbocycles. The third kappa shape index (κ3) is 3.87. The van der Waals surface area contributed by atoms with Crippen molar-refractivity contribution in [1.82, 2.24) is 5.32 Å².